The van der Waals surface area contributed by atoms with Crippen LogP contribution in [0.5, 0.6) is 0 Å². The summed E-state index contributed by atoms with van der Waals surface area (Å²) in [4.78, 5) is 12.6. The van der Waals surface area contributed by atoms with E-state index in [4.69, 9.17) is 10.00 Å². The Kier molecular flexibility index (Phi) is 3.73. The number of hydrogen-bond acceptors (Lipinski definition) is 4. The number of rotatable bonds is 2. The quantitative estimate of drug-likeness (QED) is 0.818. The van der Waals surface area contributed by atoms with Crippen LogP contribution in [0.1, 0.15) is 30.6 Å². The first-order valence-electron chi connectivity index (χ1n) is 5.60. The number of thioether (sulfide) groups is 1. The summed E-state index contributed by atoms with van der Waals surface area (Å²) in [5.41, 5.74) is 1.54. The van der Waals surface area contributed by atoms with Gasteiger partial charge >= 0.3 is 0 Å². The third kappa shape index (κ3) is 2.41. The number of carbonyl (C=O) groups excluding carboxylic acids is 1. The summed E-state index contributed by atoms with van der Waals surface area (Å²) in [5, 5.41) is 8.74. The van der Waals surface area contributed by atoms with Gasteiger partial charge < -0.3 is 4.74 Å². The fourth-order valence-electron chi connectivity index (χ4n) is 1.98. The minimum atomic E-state index is -0.235. The van der Waals surface area contributed by atoms with E-state index in [-0.39, 0.29) is 11.9 Å². The molecule has 0 bridgehead atoms. The summed E-state index contributed by atoms with van der Waals surface area (Å²) in [6.45, 7) is 1.82. The number of Topliss-reactive ketones (excluding diaryl/α,β-unsaturated/α-hetero) is 1. The van der Waals surface area contributed by atoms with Crippen molar-refractivity contribution in [2.45, 2.75) is 19.4 Å². The van der Waals surface area contributed by atoms with Gasteiger partial charge in [-0.1, -0.05) is 12.1 Å². The average Bonchev–Trinajstić information content (AvgIpc) is 2.38. The maximum absolute atomic E-state index is 11.9. The van der Waals surface area contributed by atoms with E-state index in [0.717, 1.165) is 5.56 Å². The lowest BCUT2D eigenvalue weighted by Crippen LogP contribution is -2.18. The van der Waals surface area contributed by atoms with Gasteiger partial charge in [0.05, 0.1) is 23.0 Å². The summed E-state index contributed by atoms with van der Waals surface area (Å²) < 4.78 is 5.77. The molecule has 0 amide bonds. The van der Waals surface area contributed by atoms with Crippen molar-refractivity contribution in [3.05, 3.63) is 46.1 Å². The van der Waals surface area contributed by atoms with Crippen molar-refractivity contribution in [3.8, 4) is 6.07 Å². The molecule has 1 atom stereocenters. The average molecular weight is 259 g/mol. The highest BCUT2D eigenvalue weighted by atomic mass is 32.2. The van der Waals surface area contributed by atoms with Crippen LogP contribution in [0.25, 0.3) is 0 Å². The van der Waals surface area contributed by atoms with Crippen LogP contribution in [-0.2, 0) is 9.53 Å². The van der Waals surface area contributed by atoms with Crippen molar-refractivity contribution < 1.29 is 9.53 Å². The van der Waals surface area contributed by atoms with Gasteiger partial charge in [-0.05, 0) is 30.9 Å². The molecule has 2 rings (SSSR count). The fraction of sp³-hybridized carbons (Fsp3) is 0.286. The van der Waals surface area contributed by atoms with Crippen molar-refractivity contribution in [2.24, 2.45) is 0 Å². The SMILES string of the molecule is CSC1=C(C)OC(c2ccc(C#N)cc2)CC1=O. The summed E-state index contributed by atoms with van der Waals surface area (Å²) in [5.74, 6) is 0.814. The van der Waals surface area contributed by atoms with Gasteiger partial charge in [-0.3, -0.25) is 4.79 Å². The molecule has 0 fully saturated rings. The third-order valence-corrected chi connectivity index (χ3v) is 3.80. The van der Waals surface area contributed by atoms with Gasteiger partial charge in [0.1, 0.15) is 11.9 Å². The number of ketones is 1. The minimum Gasteiger partial charge on any atom is -0.489 e. The second-order valence-corrected chi connectivity index (χ2v) is 4.87. The molecule has 1 aromatic carbocycles. The van der Waals surface area contributed by atoms with E-state index in [1.54, 1.807) is 12.1 Å². The lowest BCUT2D eigenvalue weighted by Gasteiger charge is -2.25. The Morgan fingerprint density at radius 1 is 1.39 bits per heavy atom. The van der Waals surface area contributed by atoms with Gasteiger partial charge in [-0.2, -0.15) is 5.26 Å². The molecular formula is C14H13NO2S. The zero-order valence-corrected chi connectivity index (χ0v) is 11.1. The van der Waals surface area contributed by atoms with E-state index in [1.807, 2.05) is 25.3 Å². The van der Waals surface area contributed by atoms with Crippen LogP contribution in [-0.4, -0.2) is 12.0 Å². The molecule has 0 saturated carbocycles. The van der Waals surface area contributed by atoms with Crippen LogP contribution >= 0.6 is 11.8 Å². The van der Waals surface area contributed by atoms with Crippen molar-refractivity contribution in [1.82, 2.24) is 0 Å². The lowest BCUT2D eigenvalue weighted by atomic mass is 10.0. The highest BCUT2D eigenvalue weighted by Gasteiger charge is 2.27. The lowest BCUT2D eigenvalue weighted by molar-refractivity contribution is -0.119. The predicted molar refractivity (Wildman–Crippen MR) is 70.8 cm³/mol. The molecular weight excluding hydrogens is 246 g/mol. The second-order valence-electron chi connectivity index (χ2n) is 4.06. The van der Waals surface area contributed by atoms with Crippen LogP contribution in [0.2, 0.25) is 0 Å². The van der Waals surface area contributed by atoms with E-state index < -0.39 is 0 Å². The van der Waals surface area contributed by atoms with Crippen LogP contribution in [0.4, 0.5) is 0 Å². The molecule has 0 aromatic heterocycles. The molecule has 3 nitrogen and oxygen atoms in total. The fourth-order valence-corrected chi connectivity index (χ4v) is 2.63. The van der Waals surface area contributed by atoms with Crippen LogP contribution < -0.4 is 0 Å². The molecule has 1 unspecified atom stereocenters. The van der Waals surface area contributed by atoms with Gasteiger partial charge in [0, 0.05) is 0 Å². The Morgan fingerprint density at radius 2 is 2.06 bits per heavy atom. The normalized spacial score (nSPS) is 19.4. The largest absolute Gasteiger partial charge is 0.489 e. The van der Waals surface area contributed by atoms with E-state index in [0.29, 0.717) is 22.6 Å². The van der Waals surface area contributed by atoms with Crippen molar-refractivity contribution in [1.29, 1.82) is 5.26 Å². The van der Waals surface area contributed by atoms with Crippen molar-refractivity contribution in [3.63, 3.8) is 0 Å². The van der Waals surface area contributed by atoms with E-state index in [9.17, 15) is 4.79 Å². The first-order chi connectivity index (χ1) is 8.65. The topological polar surface area (TPSA) is 50.1 Å². The summed E-state index contributed by atoms with van der Waals surface area (Å²) >= 11 is 1.43. The number of hydrogen-bond donors (Lipinski definition) is 0. The Morgan fingerprint density at radius 3 is 2.56 bits per heavy atom. The molecule has 1 heterocycles. The highest BCUT2D eigenvalue weighted by Crippen LogP contribution is 2.35. The molecule has 4 heteroatoms. The first kappa shape index (κ1) is 12.7. The molecule has 1 aromatic rings. The zero-order chi connectivity index (χ0) is 13.1. The Labute approximate surface area is 110 Å². The maximum Gasteiger partial charge on any atom is 0.176 e. The molecule has 0 N–H and O–H groups in total. The molecule has 0 radical (unpaired) electrons. The smallest absolute Gasteiger partial charge is 0.176 e. The van der Waals surface area contributed by atoms with E-state index >= 15 is 0 Å². The summed E-state index contributed by atoms with van der Waals surface area (Å²) in [6.07, 6.45) is 2.00. The Bertz CT molecular complexity index is 540. The minimum absolute atomic E-state index is 0.126. The Balaban J connectivity index is 2.24. The van der Waals surface area contributed by atoms with Gasteiger partial charge in [0.2, 0.25) is 0 Å². The van der Waals surface area contributed by atoms with E-state index in [1.165, 1.54) is 11.8 Å². The summed E-state index contributed by atoms with van der Waals surface area (Å²) in [7, 11) is 0. The number of nitriles is 1. The summed E-state index contributed by atoms with van der Waals surface area (Å²) in [6, 6.07) is 9.24. The highest BCUT2D eigenvalue weighted by molar-refractivity contribution is 8.03. The van der Waals surface area contributed by atoms with Gasteiger partial charge in [0.15, 0.2) is 5.78 Å². The molecule has 0 aliphatic carbocycles. The molecule has 0 saturated heterocycles. The molecule has 0 spiro atoms. The number of nitrogens with zero attached hydrogens (tertiary/aromatic N) is 1. The molecule has 1 aliphatic heterocycles. The van der Waals surface area contributed by atoms with Gasteiger partial charge in [-0.25, -0.2) is 0 Å². The standard InChI is InChI=1S/C14H13NO2S/c1-9-14(18-2)12(16)7-13(17-9)11-5-3-10(8-15)4-6-11/h3-6,13H,7H2,1-2H3. The predicted octanol–water partition coefficient (Wildman–Crippen LogP) is 3.18. The first-order valence-corrected chi connectivity index (χ1v) is 6.83. The third-order valence-electron chi connectivity index (χ3n) is 2.88. The maximum atomic E-state index is 11.9. The zero-order valence-electron chi connectivity index (χ0n) is 10.3. The van der Waals surface area contributed by atoms with Crippen LogP contribution in [0, 0.1) is 11.3 Å². The van der Waals surface area contributed by atoms with Crippen molar-refractivity contribution in [2.75, 3.05) is 6.26 Å². The van der Waals surface area contributed by atoms with E-state index in [2.05, 4.69) is 6.07 Å². The van der Waals surface area contributed by atoms with Crippen LogP contribution in [0.15, 0.2) is 34.9 Å². The Hall–Kier alpha value is -1.73. The molecule has 92 valence electrons. The van der Waals surface area contributed by atoms with Gasteiger partial charge in [-0.15, -0.1) is 11.8 Å². The second kappa shape index (κ2) is 5.28. The molecule has 1 aliphatic rings. The van der Waals surface area contributed by atoms with Crippen LogP contribution in [0.3, 0.4) is 0 Å². The monoisotopic (exact) mass is 259 g/mol. The van der Waals surface area contributed by atoms with Gasteiger partial charge in [0.25, 0.3) is 0 Å². The van der Waals surface area contributed by atoms with Crippen molar-refractivity contribution >= 4 is 17.5 Å². The number of ether oxygens (including phenoxy) is 1. The number of allylic oxidation sites excluding steroid dienone is 2. The molecule has 18 heavy (non-hydrogen) atoms. The number of benzene rings is 1. The number of carbonyl (C=O) groups is 1.